The van der Waals surface area contributed by atoms with Crippen molar-refractivity contribution in [2.24, 2.45) is 39.4 Å². The summed E-state index contributed by atoms with van der Waals surface area (Å²) < 4.78 is 0. The van der Waals surface area contributed by atoms with Crippen LogP contribution in [0.15, 0.2) is 78.3 Å². The number of nitrogens with one attached hydrogen (secondary N) is 14. The number of carbonyl (C=O) groups excluding carboxylic acids is 12. The Balaban J connectivity index is 1.44. The zero-order chi connectivity index (χ0) is 78.5. The third kappa shape index (κ3) is 29.2. The summed E-state index contributed by atoms with van der Waals surface area (Å²) in [5, 5.41) is 33.3. The van der Waals surface area contributed by atoms with E-state index >= 15 is 19.2 Å². The molecule has 2 aromatic carbocycles. The van der Waals surface area contributed by atoms with Crippen molar-refractivity contribution in [1.82, 2.24) is 83.7 Å². The summed E-state index contributed by atoms with van der Waals surface area (Å²) in [4.78, 5) is 190. The summed E-state index contributed by atoms with van der Waals surface area (Å²) in [7, 11) is 2.21. The molecule has 35 nitrogen and oxygen atoms in total. The number of fused-ring (bicyclic) bond motifs is 2. The van der Waals surface area contributed by atoms with E-state index in [2.05, 4.69) is 83.7 Å². The van der Waals surface area contributed by atoms with Crippen LogP contribution in [0.5, 0.6) is 0 Å². The number of carbonyl (C=O) groups is 12. The van der Waals surface area contributed by atoms with Crippen molar-refractivity contribution in [3.05, 3.63) is 90.1 Å². The van der Waals surface area contributed by atoms with E-state index in [1.807, 2.05) is 24.3 Å². The third-order valence-corrected chi connectivity index (χ3v) is 20.4. The molecule has 0 bridgehead atoms. The van der Waals surface area contributed by atoms with Crippen molar-refractivity contribution in [2.75, 3.05) is 45.5 Å². The Morgan fingerprint density at radius 1 is 0.537 bits per heavy atom. The lowest BCUT2D eigenvalue weighted by atomic mass is 10.0. The zero-order valence-electron chi connectivity index (χ0n) is 61.8. The van der Waals surface area contributed by atoms with Crippen molar-refractivity contribution in [3.63, 3.8) is 0 Å². The molecule has 2 fully saturated rings. The van der Waals surface area contributed by atoms with Crippen LogP contribution in [0.4, 0.5) is 4.79 Å². The summed E-state index contributed by atoms with van der Waals surface area (Å²) in [5.74, 6) is -8.67. The molecule has 37 heteroatoms. The molecule has 108 heavy (non-hydrogen) atoms. The van der Waals surface area contributed by atoms with Gasteiger partial charge in [-0.2, -0.15) is 0 Å². The molecule has 12 atom stereocenters. The number of hydrogen-bond donors (Lipinski definition) is 20. The lowest BCUT2D eigenvalue weighted by molar-refractivity contribution is -0.137. The Bertz CT molecular complexity index is 3610. The number of aromatic amines is 2. The van der Waals surface area contributed by atoms with Gasteiger partial charge in [-0.1, -0.05) is 70.1 Å². The second-order valence-electron chi connectivity index (χ2n) is 26.9. The van der Waals surface area contributed by atoms with Crippen LogP contribution in [0.2, 0.25) is 0 Å². The quantitative estimate of drug-likeness (QED) is 0.0121. The number of aliphatic imine (C=N–C) groups is 1. The largest absolute Gasteiger partial charge is 0.370 e. The van der Waals surface area contributed by atoms with Gasteiger partial charge in [0.25, 0.3) is 5.91 Å². The van der Waals surface area contributed by atoms with E-state index < -0.39 is 143 Å². The molecule has 0 radical (unpaired) electrons. The van der Waals surface area contributed by atoms with Crippen LogP contribution < -0.4 is 98.2 Å². The number of hydrogen-bond acceptors (Lipinski definition) is 20. The van der Waals surface area contributed by atoms with Gasteiger partial charge in [0.05, 0.1) is 18.5 Å². The number of guanidine groups is 1. The van der Waals surface area contributed by atoms with Crippen LogP contribution in [0.3, 0.4) is 0 Å². The van der Waals surface area contributed by atoms with Gasteiger partial charge in [-0.15, -0.1) is 0 Å². The van der Waals surface area contributed by atoms with Gasteiger partial charge in [-0.05, 0) is 173 Å². The fourth-order valence-electron chi connectivity index (χ4n) is 12.6. The number of para-hydroxylation sites is 1. The van der Waals surface area contributed by atoms with E-state index in [4.69, 9.17) is 34.4 Å². The van der Waals surface area contributed by atoms with E-state index in [1.54, 1.807) is 42.8 Å². The number of nitrogens with two attached hydrogens (primary N) is 6. The van der Waals surface area contributed by atoms with Crippen molar-refractivity contribution in [2.45, 2.75) is 214 Å². The van der Waals surface area contributed by atoms with E-state index in [0.717, 1.165) is 27.3 Å². The van der Waals surface area contributed by atoms with Crippen LogP contribution in [0.1, 0.15) is 140 Å². The fraction of sp³-hybridized carbons (Fsp3) is 0.577. The first-order valence-electron chi connectivity index (χ1n) is 37.0. The summed E-state index contributed by atoms with van der Waals surface area (Å²) in [6.07, 6.45) is 9.40. The molecular weight excluding hydrogens is 1430 g/mol. The Kier molecular flexibility index (Phi) is 37.7. The fourth-order valence-corrected chi connectivity index (χ4v) is 14.1. The van der Waals surface area contributed by atoms with Crippen molar-refractivity contribution in [1.29, 1.82) is 0 Å². The predicted molar refractivity (Wildman–Crippen MR) is 413 cm³/mol. The second kappa shape index (κ2) is 46.6. The Morgan fingerprint density at radius 2 is 1.01 bits per heavy atom. The van der Waals surface area contributed by atoms with Crippen molar-refractivity contribution >= 4 is 109 Å². The van der Waals surface area contributed by atoms with Crippen LogP contribution in [0.25, 0.3) is 10.9 Å². The van der Waals surface area contributed by atoms with Crippen molar-refractivity contribution in [3.8, 4) is 0 Å². The average Bonchev–Trinajstić information content (AvgIpc) is 1.65. The normalized spacial score (nSPS) is 24.0. The number of imidazole rings is 1. The van der Waals surface area contributed by atoms with Crippen LogP contribution in [0, 0.1) is 0 Å². The standard InChI is InChI=1S/C71H111N23O12S2/c1-42-58(95)83-43(2)59(96)86-49(23-9-13-31-72)61(98)87-50(24-10-14-32-73)62(99)88-51(25-11-15-33-74)63(100)89-53(27-17-35-79-70(75)76)65(102)93-68(108-107-3)69(105)94-36-18-28-57(94)85-56(38-46-40-78-41-82-46)67(104)92-55(37-44-19-5-4-6-20-44)66(103)90-52(26-12-16-34-80-71(77)106)64(101)91-54(60(97)84-42)30-29-45-39-81-48-22-8-7-21-47(45)48/h4-8,19-22,39-43,49-57,68,81,85H,9-18,23-38,72-74H2,1-3H3,(H,78,82)(H,83,95)(H,84,97)(H,86,96)(H,87,98)(H,88,99)(H,89,100)(H,90,103)(H,91,101)(H,92,104)(H,93,102)(H4,75,76,79)(H3,77,80,106)/t42-,43-,49-,50-,51-,52-,53-,54-,55+,56-,57-,68?/m0/s1. The van der Waals surface area contributed by atoms with E-state index in [1.165, 1.54) is 42.1 Å². The van der Waals surface area contributed by atoms with Crippen LogP contribution in [-0.4, -0.2) is 214 Å². The summed E-state index contributed by atoms with van der Waals surface area (Å²) in [6, 6.07) is 2.16. The molecule has 1 unspecified atom stereocenters. The van der Waals surface area contributed by atoms with E-state index in [-0.39, 0.29) is 116 Å². The zero-order valence-corrected chi connectivity index (χ0v) is 63.4. The number of unbranched alkanes of at least 4 members (excludes halogenated alkanes) is 4. The molecule has 594 valence electrons. The van der Waals surface area contributed by atoms with Gasteiger partial charge < -0.3 is 108 Å². The second-order valence-corrected chi connectivity index (χ2v) is 29.5. The first-order valence-corrected chi connectivity index (χ1v) is 39.6. The summed E-state index contributed by atoms with van der Waals surface area (Å²) in [6.45, 7) is 3.80. The molecule has 2 aromatic heterocycles. The molecule has 2 saturated heterocycles. The van der Waals surface area contributed by atoms with Gasteiger partial charge in [-0.3, -0.25) is 63.0 Å². The minimum Gasteiger partial charge on any atom is -0.370 e. The number of aryl methyl sites for hydroxylation is 1. The summed E-state index contributed by atoms with van der Waals surface area (Å²) in [5.41, 5.74) is 37.1. The smallest absolute Gasteiger partial charge is 0.312 e. The maximum Gasteiger partial charge on any atom is 0.312 e. The molecule has 4 heterocycles. The average molecular weight is 1540 g/mol. The SMILES string of the molecule is CSSC1NC(=O)[C@H](CCCN=C(N)N)NC(=O)[C@H](CCCCN)NC(=O)[C@H](CCCCN)NC(=O)[C@H](CCCCN)NC(=O)[C@H](C)NC(=O)[C@H](C)NC(=O)[C@H](CCc2c[nH]c3ccccc23)NC(=O)[C@H](CCCCNC(N)=O)NC(=O)[C@@H](Cc2ccccc2)NC(=O)[C@H](Cc2cnc[nH]2)N[C@@H]2CCCN2C1=O. The van der Waals surface area contributed by atoms with Gasteiger partial charge in [0.2, 0.25) is 59.1 Å². The molecule has 26 N–H and O–H groups in total. The number of primary amides is 1. The molecule has 2 aliphatic heterocycles. The molecule has 2 aliphatic rings. The van der Waals surface area contributed by atoms with E-state index in [0.29, 0.717) is 69.0 Å². The van der Waals surface area contributed by atoms with Gasteiger partial charge >= 0.3 is 6.03 Å². The van der Waals surface area contributed by atoms with Gasteiger partial charge in [0, 0.05) is 61.5 Å². The molecule has 13 amide bonds. The third-order valence-electron chi connectivity index (χ3n) is 18.5. The van der Waals surface area contributed by atoms with Gasteiger partial charge in [0.15, 0.2) is 11.3 Å². The van der Waals surface area contributed by atoms with Crippen molar-refractivity contribution < 1.29 is 57.5 Å². The number of benzene rings is 2. The topological polar surface area (TPSA) is 565 Å². The monoisotopic (exact) mass is 1540 g/mol. The molecule has 4 aromatic rings. The lowest BCUT2D eigenvalue weighted by Gasteiger charge is -2.33. The number of rotatable bonds is 30. The molecule has 0 aliphatic carbocycles. The first-order chi connectivity index (χ1) is 51.9. The molecule has 0 saturated carbocycles. The Labute approximate surface area is 636 Å². The number of H-pyrrole nitrogens is 2. The highest BCUT2D eigenvalue weighted by Crippen LogP contribution is 2.28. The van der Waals surface area contributed by atoms with Gasteiger partial charge in [0.1, 0.15) is 54.4 Å². The summed E-state index contributed by atoms with van der Waals surface area (Å²) >= 11 is 0. The Morgan fingerprint density at radius 3 is 1.55 bits per heavy atom. The number of aromatic nitrogens is 3. The maximum absolute atomic E-state index is 15.2. The maximum atomic E-state index is 15.2. The molecule has 6 rings (SSSR count). The number of urea groups is 1. The van der Waals surface area contributed by atoms with E-state index in [9.17, 15) is 38.4 Å². The highest BCUT2D eigenvalue weighted by atomic mass is 33.1. The highest BCUT2D eigenvalue weighted by Gasteiger charge is 2.40. The number of nitrogens with zero attached hydrogens (tertiary/aromatic N) is 3. The minimum absolute atomic E-state index is 0.0285. The number of amides is 13. The van der Waals surface area contributed by atoms with Crippen LogP contribution in [-0.2, 0) is 72.0 Å². The molecule has 0 spiro atoms. The van der Waals surface area contributed by atoms with Crippen LogP contribution >= 0.6 is 21.6 Å². The predicted octanol–water partition coefficient (Wildman–Crippen LogP) is -1.64. The first kappa shape index (κ1) is 87.4. The molecular formula is C71H111N23O12S2. The highest BCUT2D eigenvalue weighted by molar-refractivity contribution is 8.76. The minimum atomic E-state index is -1.40. The lowest BCUT2D eigenvalue weighted by Crippen LogP contribution is -2.61. The van der Waals surface area contributed by atoms with Gasteiger partial charge in [-0.25, -0.2) is 9.78 Å². The Hall–Kier alpha value is -9.56.